The van der Waals surface area contributed by atoms with Crippen LogP contribution in [-0.4, -0.2) is 25.7 Å². The molecule has 3 nitrogen and oxygen atoms in total. The van der Waals surface area contributed by atoms with Crippen molar-refractivity contribution < 1.29 is 9.53 Å². The molecule has 1 amide bonds. The number of benzene rings is 1. The average molecular weight is 300 g/mol. The fourth-order valence-corrected chi connectivity index (χ4v) is 1.74. The van der Waals surface area contributed by atoms with Crippen molar-refractivity contribution in [2.24, 2.45) is 0 Å². The predicted octanol–water partition coefficient (Wildman–Crippen LogP) is 2.91. The van der Waals surface area contributed by atoms with Crippen molar-refractivity contribution in [1.29, 1.82) is 0 Å². The quantitative estimate of drug-likeness (QED) is 0.820. The van der Waals surface area contributed by atoms with Crippen LogP contribution in [-0.2, 0) is 4.74 Å². The Balaban J connectivity index is 2.39. The Morgan fingerprint density at radius 3 is 2.88 bits per heavy atom. The van der Waals surface area contributed by atoms with E-state index in [-0.39, 0.29) is 5.91 Å². The van der Waals surface area contributed by atoms with E-state index >= 15 is 0 Å². The first-order chi connectivity index (χ1) is 8.15. The number of halogens is 1. The number of ether oxygens (including phenoxy) is 1. The summed E-state index contributed by atoms with van der Waals surface area (Å²) < 4.78 is 6.15. The highest BCUT2D eigenvalue weighted by Crippen LogP contribution is 2.17. The predicted molar refractivity (Wildman–Crippen MR) is 72.3 cm³/mol. The summed E-state index contributed by atoms with van der Waals surface area (Å²) >= 11 is 3.42. The van der Waals surface area contributed by atoms with E-state index in [4.69, 9.17) is 4.74 Å². The molecule has 0 saturated heterocycles. The SMILES string of the molecule is CCOCCCNC(=O)c1ccc(C)c(Br)c1. The number of carbonyl (C=O) groups is 1. The molecule has 0 aliphatic rings. The van der Waals surface area contributed by atoms with Crippen molar-refractivity contribution in [1.82, 2.24) is 5.32 Å². The summed E-state index contributed by atoms with van der Waals surface area (Å²) in [5, 5.41) is 2.86. The minimum absolute atomic E-state index is 0.0396. The van der Waals surface area contributed by atoms with E-state index in [1.165, 1.54) is 0 Å². The highest BCUT2D eigenvalue weighted by atomic mass is 79.9. The Bertz CT molecular complexity index is 380. The molecule has 0 fully saturated rings. The third kappa shape index (κ3) is 4.88. The summed E-state index contributed by atoms with van der Waals surface area (Å²) in [5.41, 5.74) is 1.80. The second kappa shape index (κ2) is 7.45. The van der Waals surface area contributed by atoms with Gasteiger partial charge in [0.05, 0.1) is 0 Å². The molecule has 17 heavy (non-hydrogen) atoms. The minimum Gasteiger partial charge on any atom is -0.382 e. The van der Waals surface area contributed by atoms with Gasteiger partial charge in [-0.05, 0) is 38.0 Å². The third-order valence-electron chi connectivity index (χ3n) is 2.39. The molecular weight excluding hydrogens is 282 g/mol. The molecule has 4 heteroatoms. The zero-order valence-corrected chi connectivity index (χ0v) is 11.8. The Morgan fingerprint density at radius 2 is 2.24 bits per heavy atom. The molecule has 0 aromatic heterocycles. The highest BCUT2D eigenvalue weighted by Gasteiger charge is 2.06. The average Bonchev–Trinajstić information content (AvgIpc) is 2.32. The molecule has 0 atom stereocenters. The fourth-order valence-electron chi connectivity index (χ4n) is 1.36. The van der Waals surface area contributed by atoms with Crippen LogP contribution in [0.15, 0.2) is 22.7 Å². The molecule has 0 heterocycles. The molecule has 94 valence electrons. The normalized spacial score (nSPS) is 10.3. The first-order valence-electron chi connectivity index (χ1n) is 5.77. The lowest BCUT2D eigenvalue weighted by molar-refractivity contribution is 0.0944. The monoisotopic (exact) mass is 299 g/mol. The lowest BCUT2D eigenvalue weighted by atomic mass is 10.1. The van der Waals surface area contributed by atoms with E-state index < -0.39 is 0 Å². The van der Waals surface area contributed by atoms with Crippen molar-refractivity contribution in [3.8, 4) is 0 Å². The molecule has 0 spiro atoms. The first kappa shape index (κ1) is 14.2. The van der Waals surface area contributed by atoms with Gasteiger partial charge in [-0.25, -0.2) is 0 Å². The van der Waals surface area contributed by atoms with Crippen LogP contribution in [0, 0.1) is 6.92 Å². The molecule has 0 radical (unpaired) electrons. The van der Waals surface area contributed by atoms with E-state index in [1.807, 2.05) is 32.0 Å². The zero-order chi connectivity index (χ0) is 12.7. The molecule has 0 saturated carbocycles. The Labute approximate surface area is 111 Å². The van der Waals surface area contributed by atoms with Gasteiger partial charge in [-0.3, -0.25) is 4.79 Å². The fraction of sp³-hybridized carbons (Fsp3) is 0.462. The van der Waals surface area contributed by atoms with E-state index in [1.54, 1.807) is 0 Å². The summed E-state index contributed by atoms with van der Waals surface area (Å²) in [6, 6.07) is 5.60. The van der Waals surface area contributed by atoms with Crippen LogP contribution in [0.1, 0.15) is 29.3 Å². The largest absolute Gasteiger partial charge is 0.382 e. The van der Waals surface area contributed by atoms with Crippen LogP contribution < -0.4 is 5.32 Å². The molecule has 1 aromatic rings. The van der Waals surface area contributed by atoms with Crippen LogP contribution in [0.5, 0.6) is 0 Å². The number of aryl methyl sites for hydroxylation is 1. The molecule has 0 bridgehead atoms. The van der Waals surface area contributed by atoms with E-state index in [2.05, 4.69) is 21.2 Å². The van der Waals surface area contributed by atoms with Crippen molar-refractivity contribution in [2.45, 2.75) is 20.3 Å². The molecule has 0 unspecified atom stereocenters. The maximum absolute atomic E-state index is 11.8. The van der Waals surface area contributed by atoms with Crippen LogP contribution in [0.3, 0.4) is 0 Å². The second-order valence-corrected chi connectivity index (χ2v) is 4.62. The van der Waals surface area contributed by atoms with Gasteiger partial charge in [0.1, 0.15) is 0 Å². The highest BCUT2D eigenvalue weighted by molar-refractivity contribution is 9.10. The van der Waals surface area contributed by atoms with Crippen molar-refractivity contribution in [3.05, 3.63) is 33.8 Å². The number of nitrogens with one attached hydrogen (secondary N) is 1. The Morgan fingerprint density at radius 1 is 1.47 bits per heavy atom. The van der Waals surface area contributed by atoms with Crippen molar-refractivity contribution in [2.75, 3.05) is 19.8 Å². The smallest absolute Gasteiger partial charge is 0.251 e. The number of carbonyl (C=O) groups excluding carboxylic acids is 1. The maximum atomic E-state index is 11.8. The van der Waals surface area contributed by atoms with Crippen molar-refractivity contribution in [3.63, 3.8) is 0 Å². The first-order valence-corrected chi connectivity index (χ1v) is 6.56. The van der Waals surface area contributed by atoms with Gasteiger partial charge in [0.2, 0.25) is 0 Å². The van der Waals surface area contributed by atoms with Crippen molar-refractivity contribution >= 4 is 21.8 Å². The molecule has 1 rings (SSSR count). The number of amides is 1. The van der Waals surface area contributed by atoms with Crippen LogP contribution in [0.25, 0.3) is 0 Å². The number of hydrogen-bond acceptors (Lipinski definition) is 2. The topological polar surface area (TPSA) is 38.3 Å². The standard InChI is InChI=1S/C13H18BrNO2/c1-3-17-8-4-7-15-13(16)11-6-5-10(2)12(14)9-11/h5-6,9H,3-4,7-8H2,1-2H3,(H,15,16). The number of rotatable bonds is 6. The molecular formula is C13H18BrNO2. The second-order valence-electron chi connectivity index (χ2n) is 3.77. The van der Waals surface area contributed by atoms with Gasteiger partial charge in [-0.15, -0.1) is 0 Å². The van der Waals surface area contributed by atoms with E-state index in [0.29, 0.717) is 18.7 Å². The molecule has 1 aromatic carbocycles. The summed E-state index contributed by atoms with van der Waals surface area (Å²) in [6.45, 7) is 6.01. The van der Waals surface area contributed by atoms with Gasteiger partial charge in [0.15, 0.2) is 0 Å². The van der Waals surface area contributed by atoms with Crippen LogP contribution in [0.2, 0.25) is 0 Å². The van der Waals surface area contributed by atoms with Crippen LogP contribution in [0.4, 0.5) is 0 Å². The minimum atomic E-state index is -0.0396. The molecule has 0 aliphatic heterocycles. The Kier molecular flexibility index (Phi) is 6.22. The van der Waals surface area contributed by atoms with Gasteiger partial charge in [-0.1, -0.05) is 22.0 Å². The summed E-state index contributed by atoms with van der Waals surface area (Å²) in [7, 11) is 0. The van der Waals surface area contributed by atoms with Gasteiger partial charge in [0, 0.05) is 29.8 Å². The lowest BCUT2D eigenvalue weighted by Gasteiger charge is -2.06. The number of hydrogen-bond donors (Lipinski definition) is 1. The molecule has 0 aliphatic carbocycles. The summed E-state index contributed by atoms with van der Waals surface area (Å²) in [6.07, 6.45) is 0.840. The van der Waals surface area contributed by atoms with Crippen LogP contribution >= 0.6 is 15.9 Å². The van der Waals surface area contributed by atoms with E-state index in [9.17, 15) is 4.79 Å². The van der Waals surface area contributed by atoms with Gasteiger partial charge >= 0.3 is 0 Å². The molecule has 1 N–H and O–H groups in total. The lowest BCUT2D eigenvalue weighted by Crippen LogP contribution is -2.25. The maximum Gasteiger partial charge on any atom is 0.251 e. The van der Waals surface area contributed by atoms with E-state index in [0.717, 1.165) is 23.1 Å². The Hall–Kier alpha value is -0.870. The summed E-state index contributed by atoms with van der Waals surface area (Å²) in [4.78, 5) is 11.8. The van der Waals surface area contributed by atoms with Gasteiger partial charge < -0.3 is 10.1 Å². The van der Waals surface area contributed by atoms with Gasteiger partial charge in [0.25, 0.3) is 5.91 Å². The zero-order valence-electron chi connectivity index (χ0n) is 10.3. The van der Waals surface area contributed by atoms with Gasteiger partial charge in [-0.2, -0.15) is 0 Å². The third-order valence-corrected chi connectivity index (χ3v) is 3.24. The summed E-state index contributed by atoms with van der Waals surface area (Å²) in [5.74, 6) is -0.0396.